The molecule has 0 aliphatic rings. The van der Waals surface area contributed by atoms with Gasteiger partial charge < -0.3 is 20.5 Å². The minimum absolute atomic E-state index is 0.228. The standard InChI is InChI=1S/C20H29N7/c1-21-20(24-13-19(26(2)3)16-12-25-27(4)14-16)22-10-9-15-11-23-18-8-6-5-7-17(15)18/h5-8,11-12,14,19,23H,9-10,13H2,1-4H3,(H2,21,22,24). The number of likely N-dealkylation sites (N-methyl/N-ethyl adjacent to an activating group) is 1. The first-order valence-corrected chi connectivity index (χ1v) is 9.23. The third-order valence-electron chi connectivity index (χ3n) is 4.78. The number of fused-ring (bicyclic) bond motifs is 1. The zero-order chi connectivity index (χ0) is 19.2. The Morgan fingerprint density at radius 3 is 2.81 bits per heavy atom. The third-order valence-corrected chi connectivity index (χ3v) is 4.78. The van der Waals surface area contributed by atoms with Crippen molar-refractivity contribution in [1.82, 2.24) is 30.3 Å². The molecule has 7 nitrogen and oxygen atoms in total. The fourth-order valence-corrected chi connectivity index (χ4v) is 3.28. The molecule has 2 aromatic heterocycles. The minimum atomic E-state index is 0.228. The van der Waals surface area contributed by atoms with E-state index in [0.29, 0.717) is 0 Å². The lowest BCUT2D eigenvalue weighted by atomic mass is 10.1. The lowest BCUT2D eigenvalue weighted by molar-refractivity contribution is 0.298. The summed E-state index contributed by atoms with van der Waals surface area (Å²) in [7, 11) is 7.89. The summed E-state index contributed by atoms with van der Waals surface area (Å²) in [5.41, 5.74) is 3.68. The van der Waals surface area contributed by atoms with Gasteiger partial charge in [0.05, 0.1) is 12.2 Å². The van der Waals surface area contributed by atoms with E-state index in [1.165, 1.54) is 22.0 Å². The number of nitrogens with one attached hydrogen (secondary N) is 3. The predicted molar refractivity (Wildman–Crippen MR) is 111 cm³/mol. The maximum atomic E-state index is 4.35. The number of aromatic nitrogens is 3. The second kappa shape index (κ2) is 8.73. The summed E-state index contributed by atoms with van der Waals surface area (Å²) in [6.45, 7) is 1.58. The molecule has 0 saturated heterocycles. The van der Waals surface area contributed by atoms with Gasteiger partial charge in [0.1, 0.15) is 0 Å². The van der Waals surface area contributed by atoms with E-state index in [4.69, 9.17) is 0 Å². The van der Waals surface area contributed by atoms with Crippen molar-refractivity contribution in [2.75, 3.05) is 34.2 Å². The van der Waals surface area contributed by atoms with E-state index in [0.717, 1.165) is 25.5 Å². The molecule has 3 aromatic rings. The fraction of sp³-hybridized carbons (Fsp3) is 0.400. The first-order valence-electron chi connectivity index (χ1n) is 9.23. The lowest BCUT2D eigenvalue weighted by Crippen LogP contribution is -2.42. The average molecular weight is 368 g/mol. The van der Waals surface area contributed by atoms with Gasteiger partial charge in [0.25, 0.3) is 0 Å². The van der Waals surface area contributed by atoms with Crippen LogP contribution in [0.1, 0.15) is 17.2 Å². The summed E-state index contributed by atoms with van der Waals surface area (Å²) in [5.74, 6) is 0.811. The van der Waals surface area contributed by atoms with Crippen LogP contribution < -0.4 is 10.6 Å². The molecule has 1 unspecified atom stereocenters. The van der Waals surface area contributed by atoms with Crippen molar-refractivity contribution in [2.24, 2.45) is 12.0 Å². The van der Waals surface area contributed by atoms with Crippen LogP contribution in [0.25, 0.3) is 10.9 Å². The zero-order valence-electron chi connectivity index (χ0n) is 16.5. The molecule has 3 N–H and O–H groups in total. The molecule has 0 bridgehead atoms. The Morgan fingerprint density at radius 2 is 2.11 bits per heavy atom. The molecule has 0 fully saturated rings. The molecule has 27 heavy (non-hydrogen) atoms. The van der Waals surface area contributed by atoms with E-state index in [9.17, 15) is 0 Å². The van der Waals surface area contributed by atoms with E-state index >= 15 is 0 Å². The minimum Gasteiger partial charge on any atom is -0.361 e. The van der Waals surface area contributed by atoms with Gasteiger partial charge in [-0.05, 0) is 32.1 Å². The smallest absolute Gasteiger partial charge is 0.191 e. The Balaban J connectivity index is 1.53. The highest BCUT2D eigenvalue weighted by atomic mass is 15.3. The highest BCUT2D eigenvalue weighted by Gasteiger charge is 2.16. The van der Waals surface area contributed by atoms with Crippen LogP contribution in [0, 0.1) is 0 Å². The number of para-hydroxylation sites is 1. The fourth-order valence-electron chi connectivity index (χ4n) is 3.28. The topological polar surface area (TPSA) is 73.3 Å². The zero-order valence-corrected chi connectivity index (χ0v) is 16.5. The monoisotopic (exact) mass is 367 g/mol. The Kier molecular flexibility index (Phi) is 6.13. The Morgan fingerprint density at radius 1 is 1.30 bits per heavy atom. The normalized spacial score (nSPS) is 13.3. The van der Waals surface area contributed by atoms with Crippen LogP contribution in [0.3, 0.4) is 0 Å². The van der Waals surface area contributed by atoms with Crippen molar-refractivity contribution in [3.63, 3.8) is 0 Å². The van der Waals surface area contributed by atoms with Gasteiger partial charge in [-0.2, -0.15) is 5.10 Å². The molecule has 3 rings (SSSR count). The molecule has 0 amide bonds. The quantitative estimate of drug-likeness (QED) is 0.441. The van der Waals surface area contributed by atoms with Gasteiger partial charge in [0.2, 0.25) is 0 Å². The van der Waals surface area contributed by atoms with Crippen LogP contribution in [0.4, 0.5) is 0 Å². The van der Waals surface area contributed by atoms with Crippen molar-refractivity contribution in [1.29, 1.82) is 0 Å². The van der Waals surface area contributed by atoms with E-state index < -0.39 is 0 Å². The third kappa shape index (κ3) is 4.68. The lowest BCUT2D eigenvalue weighted by Gasteiger charge is -2.24. The highest BCUT2D eigenvalue weighted by molar-refractivity contribution is 5.83. The number of hydrogen-bond donors (Lipinski definition) is 3. The van der Waals surface area contributed by atoms with Crippen LogP contribution in [0.5, 0.6) is 0 Å². The van der Waals surface area contributed by atoms with Gasteiger partial charge in [-0.25, -0.2) is 0 Å². The Hall–Kier alpha value is -2.80. The van der Waals surface area contributed by atoms with Gasteiger partial charge in [0, 0.05) is 56.0 Å². The van der Waals surface area contributed by atoms with Crippen LogP contribution >= 0.6 is 0 Å². The second-order valence-corrected chi connectivity index (χ2v) is 6.92. The van der Waals surface area contributed by atoms with Crippen LogP contribution in [-0.2, 0) is 13.5 Å². The summed E-state index contributed by atoms with van der Waals surface area (Å²) in [6, 6.07) is 8.62. The van der Waals surface area contributed by atoms with E-state index in [1.54, 1.807) is 7.05 Å². The molecule has 7 heteroatoms. The van der Waals surface area contributed by atoms with E-state index in [-0.39, 0.29) is 6.04 Å². The summed E-state index contributed by atoms with van der Waals surface area (Å²) in [4.78, 5) is 9.86. The van der Waals surface area contributed by atoms with Crippen LogP contribution in [-0.4, -0.2) is 59.9 Å². The second-order valence-electron chi connectivity index (χ2n) is 6.92. The van der Waals surface area contributed by atoms with Crippen molar-refractivity contribution in [2.45, 2.75) is 12.5 Å². The highest BCUT2D eigenvalue weighted by Crippen LogP contribution is 2.18. The van der Waals surface area contributed by atoms with E-state index in [2.05, 4.69) is 81.4 Å². The molecule has 1 atom stereocenters. The van der Waals surface area contributed by atoms with Gasteiger partial charge in [-0.15, -0.1) is 0 Å². The molecule has 144 valence electrons. The number of aromatic amines is 1. The van der Waals surface area contributed by atoms with Gasteiger partial charge >= 0.3 is 0 Å². The number of benzene rings is 1. The number of H-pyrrole nitrogens is 1. The first kappa shape index (κ1) is 19.0. The molecular weight excluding hydrogens is 338 g/mol. The first-order chi connectivity index (χ1) is 13.1. The maximum Gasteiger partial charge on any atom is 0.191 e. The molecular formula is C20H29N7. The van der Waals surface area contributed by atoms with Gasteiger partial charge in [0.15, 0.2) is 5.96 Å². The average Bonchev–Trinajstić information content (AvgIpc) is 3.27. The van der Waals surface area contributed by atoms with Crippen molar-refractivity contribution >= 4 is 16.9 Å². The molecule has 0 aliphatic carbocycles. The molecule has 0 aliphatic heterocycles. The SMILES string of the molecule is CN=C(NCCc1c[nH]c2ccccc12)NCC(c1cnn(C)c1)N(C)C. The van der Waals surface area contributed by atoms with E-state index in [1.807, 2.05) is 17.9 Å². The number of guanidine groups is 1. The van der Waals surface area contributed by atoms with Gasteiger partial charge in [-0.3, -0.25) is 9.67 Å². The molecule has 2 heterocycles. The Labute approximate surface area is 160 Å². The molecule has 0 saturated carbocycles. The molecule has 1 aromatic carbocycles. The summed E-state index contributed by atoms with van der Waals surface area (Å²) >= 11 is 0. The number of aliphatic imine (C=N–C) groups is 1. The van der Waals surface area contributed by atoms with Crippen LogP contribution in [0.15, 0.2) is 47.8 Å². The Bertz CT molecular complexity index is 891. The van der Waals surface area contributed by atoms with Gasteiger partial charge in [-0.1, -0.05) is 18.2 Å². The van der Waals surface area contributed by atoms with Crippen LogP contribution in [0.2, 0.25) is 0 Å². The van der Waals surface area contributed by atoms with Crippen molar-refractivity contribution in [3.8, 4) is 0 Å². The summed E-state index contributed by atoms with van der Waals surface area (Å²) < 4.78 is 1.83. The number of nitrogens with zero attached hydrogens (tertiary/aromatic N) is 4. The van der Waals surface area contributed by atoms with Crippen molar-refractivity contribution < 1.29 is 0 Å². The number of hydrogen-bond acceptors (Lipinski definition) is 3. The number of rotatable bonds is 7. The molecule has 0 radical (unpaired) electrons. The number of aryl methyl sites for hydroxylation is 1. The summed E-state index contributed by atoms with van der Waals surface area (Å²) in [5, 5.41) is 12.4. The predicted octanol–water partition coefficient (Wildman–Crippen LogP) is 1.91. The largest absolute Gasteiger partial charge is 0.361 e. The van der Waals surface area contributed by atoms with Crippen molar-refractivity contribution in [3.05, 3.63) is 54.0 Å². The summed E-state index contributed by atoms with van der Waals surface area (Å²) in [6.07, 6.45) is 7.00. The molecule has 0 spiro atoms. The maximum absolute atomic E-state index is 4.35.